The van der Waals surface area contributed by atoms with Crippen LogP contribution in [0.25, 0.3) is 0 Å². The standard InChI is InChI=1S/C37H43ClFN3O5S/c1-24-8-6-17-37(46-3,32-10-7-18-40-35(32)39)31-15-12-28(31)22-42-19-5-4-9-26-20-30(38)14-11-29(26)23-47-34-16-13-27(21-33(34)42)36(43)41-48(44,45)25(24)2/h6-7,10-11,13-14,16-18,20-21,24-25,28,31H,4-5,8-9,12,15,19,22-23H2,1-3H3,(H,41,43)/b17-6+/t24-,25+,28-,31+,37-/m0/s1. The summed E-state index contributed by atoms with van der Waals surface area (Å²) in [6.07, 6.45) is 9.93. The molecular formula is C37H43ClFN3O5S. The third-order valence-electron chi connectivity index (χ3n) is 10.6. The molecule has 0 unspecified atom stereocenters. The van der Waals surface area contributed by atoms with Gasteiger partial charge in [-0.25, -0.2) is 18.1 Å². The molecule has 3 aliphatic rings. The van der Waals surface area contributed by atoms with E-state index in [1.807, 2.05) is 37.3 Å². The van der Waals surface area contributed by atoms with Crippen LogP contribution in [0.15, 0.2) is 66.9 Å². The van der Waals surface area contributed by atoms with Crippen LogP contribution >= 0.6 is 11.6 Å². The van der Waals surface area contributed by atoms with E-state index in [0.717, 1.165) is 43.2 Å². The fraction of sp³-hybridized carbons (Fsp3) is 0.459. The number of hydrogen-bond donors (Lipinski definition) is 1. The van der Waals surface area contributed by atoms with E-state index in [4.69, 9.17) is 21.1 Å². The number of carbonyl (C=O) groups is 1. The third kappa shape index (κ3) is 6.84. The summed E-state index contributed by atoms with van der Waals surface area (Å²) in [6.45, 7) is 5.02. The molecular weight excluding hydrogens is 653 g/mol. The number of aromatic nitrogens is 1. The molecule has 0 saturated heterocycles. The van der Waals surface area contributed by atoms with Gasteiger partial charge in [0.25, 0.3) is 5.91 Å². The number of nitrogens with one attached hydrogen (secondary N) is 1. The summed E-state index contributed by atoms with van der Waals surface area (Å²) < 4.78 is 57.5. The zero-order chi connectivity index (χ0) is 34.1. The fourth-order valence-electron chi connectivity index (χ4n) is 7.37. The Hall–Kier alpha value is -3.47. The maximum absolute atomic E-state index is 15.5. The second-order valence-electron chi connectivity index (χ2n) is 13.4. The minimum absolute atomic E-state index is 0.0813. The molecule has 1 amide bonds. The number of allylic oxidation sites excluding steroid dienone is 1. The summed E-state index contributed by atoms with van der Waals surface area (Å²) in [6, 6.07) is 14.4. The zero-order valence-electron chi connectivity index (χ0n) is 27.6. The topological polar surface area (TPSA) is 97.8 Å². The Kier molecular flexibility index (Phi) is 10.2. The molecule has 0 radical (unpaired) electrons. The lowest BCUT2D eigenvalue weighted by Gasteiger charge is -2.50. The minimum Gasteiger partial charge on any atom is -0.487 e. The van der Waals surface area contributed by atoms with Crippen molar-refractivity contribution in [3.63, 3.8) is 0 Å². The number of sulfonamides is 1. The molecule has 6 rings (SSSR count). The molecule has 1 saturated carbocycles. The summed E-state index contributed by atoms with van der Waals surface area (Å²) in [5.41, 5.74) is 2.38. The molecule has 1 fully saturated rings. The number of ether oxygens (including phenoxy) is 2. The van der Waals surface area contributed by atoms with E-state index in [9.17, 15) is 13.2 Å². The molecule has 256 valence electrons. The van der Waals surface area contributed by atoms with Crippen LogP contribution in [-0.4, -0.2) is 44.8 Å². The first-order valence-corrected chi connectivity index (χ1v) is 18.6. The van der Waals surface area contributed by atoms with Crippen LogP contribution in [0.2, 0.25) is 5.02 Å². The number of anilines is 1. The Balaban J connectivity index is 1.46. The monoisotopic (exact) mass is 695 g/mol. The van der Waals surface area contributed by atoms with Gasteiger partial charge in [0, 0.05) is 48.5 Å². The Morgan fingerprint density at radius 3 is 2.69 bits per heavy atom. The molecule has 48 heavy (non-hydrogen) atoms. The molecule has 2 aromatic carbocycles. The van der Waals surface area contributed by atoms with E-state index in [0.29, 0.717) is 48.1 Å². The number of aryl methyl sites for hydroxylation is 1. The molecule has 3 aromatic rings. The smallest absolute Gasteiger partial charge is 0.264 e. The highest BCUT2D eigenvalue weighted by atomic mass is 35.5. The molecule has 2 bridgehead atoms. The van der Waals surface area contributed by atoms with Crippen molar-refractivity contribution >= 4 is 33.2 Å². The van der Waals surface area contributed by atoms with Crippen LogP contribution in [0.3, 0.4) is 0 Å². The summed E-state index contributed by atoms with van der Waals surface area (Å²) in [5, 5.41) is -0.197. The van der Waals surface area contributed by atoms with Gasteiger partial charge in [-0.15, -0.1) is 0 Å². The van der Waals surface area contributed by atoms with Crippen molar-refractivity contribution in [1.82, 2.24) is 9.71 Å². The second kappa shape index (κ2) is 14.2. The normalized spacial score (nSPS) is 28.4. The van der Waals surface area contributed by atoms with Crippen LogP contribution in [0.5, 0.6) is 5.75 Å². The van der Waals surface area contributed by atoms with Gasteiger partial charge in [0.15, 0.2) is 0 Å². The predicted octanol–water partition coefficient (Wildman–Crippen LogP) is 7.21. The number of benzene rings is 2. The second-order valence-corrected chi connectivity index (χ2v) is 15.8. The summed E-state index contributed by atoms with van der Waals surface area (Å²) in [4.78, 5) is 19.7. The molecule has 1 N–H and O–H groups in total. The van der Waals surface area contributed by atoms with Gasteiger partial charge in [0.05, 0.1) is 10.9 Å². The van der Waals surface area contributed by atoms with E-state index in [1.165, 1.54) is 6.20 Å². The van der Waals surface area contributed by atoms with Gasteiger partial charge >= 0.3 is 0 Å². The molecule has 3 heterocycles. The minimum atomic E-state index is -4.03. The highest BCUT2D eigenvalue weighted by Gasteiger charge is 2.49. The largest absolute Gasteiger partial charge is 0.487 e. The number of pyridine rings is 1. The number of halogens is 2. The number of rotatable bonds is 2. The zero-order valence-corrected chi connectivity index (χ0v) is 29.2. The summed E-state index contributed by atoms with van der Waals surface area (Å²) in [5.74, 6) is -0.992. The maximum atomic E-state index is 15.5. The van der Waals surface area contributed by atoms with Crippen molar-refractivity contribution in [3.8, 4) is 5.75 Å². The molecule has 0 spiro atoms. The van der Waals surface area contributed by atoms with Gasteiger partial charge in [0.2, 0.25) is 16.0 Å². The average molecular weight is 696 g/mol. The van der Waals surface area contributed by atoms with Gasteiger partial charge in [-0.05, 0) is 111 Å². The van der Waals surface area contributed by atoms with Crippen molar-refractivity contribution in [2.24, 2.45) is 17.8 Å². The van der Waals surface area contributed by atoms with Crippen molar-refractivity contribution in [1.29, 1.82) is 0 Å². The lowest BCUT2D eigenvalue weighted by atomic mass is 9.62. The number of nitrogens with zero attached hydrogens (tertiary/aromatic N) is 2. The Bertz CT molecular complexity index is 1800. The fourth-order valence-corrected chi connectivity index (χ4v) is 8.85. The van der Waals surface area contributed by atoms with E-state index in [-0.39, 0.29) is 23.3 Å². The van der Waals surface area contributed by atoms with E-state index >= 15 is 4.39 Å². The van der Waals surface area contributed by atoms with Gasteiger partial charge in [-0.3, -0.25) is 4.79 Å². The summed E-state index contributed by atoms with van der Waals surface area (Å²) >= 11 is 6.35. The predicted molar refractivity (Wildman–Crippen MR) is 185 cm³/mol. The molecule has 1 aliphatic carbocycles. The van der Waals surface area contributed by atoms with Crippen LogP contribution in [0, 0.1) is 23.7 Å². The lowest BCUT2D eigenvalue weighted by Crippen LogP contribution is -2.50. The number of fused-ring (bicyclic) bond motifs is 3. The van der Waals surface area contributed by atoms with Crippen molar-refractivity contribution in [2.75, 3.05) is 25.1 Å². The van der Waals surface area contributed by atoms with Crippen LogP contribution < -0.4 is 14.4 Å². The van der Waals surface area contributed by atoms with Crippen molar-refractivity contribution < 1.29 is 27.1 Å². The van der Waals surface area contributed by atoms with Gasteiger partial charge < -0.3 is 14.4 Å². The first-order chi connectivity index (χ1) is 23.0. The Morgan fingerprint density at radius 1 is 1.10 bits per heavy atom. The summed E-state index contributed by atoms with van der Waals surface area (Å²) in [7, 11) is -2.43. The highest BCUT2D eigenvalue weighted by Crippen LogP contribution is 2.51. The number of carbonyl (C=O) groups excluding carboxylic acids is 1. The SMILES string of the molecule is CO[C@@]1(c2cccnc2F)/C=C/C[C@H](C)[C@@H](C)S(=O)(=O)NC(=O)c2ccc3c(c2)N(CCCCc2cc(Cl)ccc2CO3)C[C@@H]2CC[C@H]21. The molecule has 2 aliphatic heterocycles. The molecule has 1 aromatic heterocycles. The van der Waals surface area contributed by atoms with Gasteiger partial charge in [0.1, 0.15) is 18.0 Å². The van der Waals surface area contributed by atoms with Gasteiger partial charge in [-0.1, -0.05) is 36.7 Å². The maximum Gasteiger partial charge on any atom is 0.264 e. The highest BCUT2D eigenvalue weighted by molar-refractivity contribution is 7.90. The number of amides is 1. The molecule has 8 nitrogen and oxygen atoms in total. The first-order valence-electron chi connectivity index (χ1n) is 16.7. The average Bonchev–Trinajstić information content (AvgIpc) is 3.08. The van der Waals surface area contributed by atoms with E-state index in [2.05, 4.69) is 14.6 Å². The van der Waals surface area contributed by atoms with Gasteiger partial charge in [-0.2, -0.15) is 4.39 Å². The molecule has 11 heteroatoms. The Morgan fingerprint density at radius 2 is 1.94 bits per heavy atom. The number of hydrogen-bond acceptors (Lipinski definition) is 7. The van der Waals surface area contributed by atoms with Crippen molar-refractivity contribution in [2.45, 2.75) is 69.8 Å². The quantitative estimate of drug-likeness (QED) is 0.224. The van der Waals surface area contributed by atoms with E-state index in [1.54, 1.807) is 44.4 Å². The van der Waals surface area contributed by atoms with Crippen LogP contribution in [0.1, 0.15) is 73.0 Å². The molecule has 5 atom stereocenters. The first kappa shape index (κ1) is 34.4. The van der Waals surface area contributed by atoms with Crippen LogP contribution in [-0.2, 0) is 33.4 Å². The third-order valence-corrected chi connectivity index (χ3v) is 12.7. The number of methoxy groups -OCH3 is 1. The Labute approximate surface area is 287 Å². The lowest BCUT2D eigenvalue weighted by molar-refractivity contribution is -0.0826. The van der Waals surface area contributed by atoms with Crippen LogP contribution in [0.4, 0.5) is 10.1 Å². The van der Waals surface area contributed by atoms with E-state index < -0.39 is 32.7 Å². The van der Waals surface area contributed by atoms with Crippen molar-refractivity contribution in [3.05, 3.63) is 100 Å².